The van der Waals surface area contributed by atoms with Gasteiger partial charge in [-0.1, -0.05) is 0 Å². The molecule has 0 radical (unpaired) electrons. The molecule has 166 valence electrons. The van der Waals surface area contributed by atoms with E-state index in [1.807, 2.05) is 42.5 Å². The van der Waals surface area contributed by atoms with E-state index in [0.717, 1.165) is 54.7 Å². The molecule has 0 bridgehead atoms. The summed E-state index contributed by atoms with van der Waals surface area (Å²) in [5, 5.41) is 3.08. The van der Waals surface area contributed by atoms with Gasteiger partial charge in [0.15, 0.2) is 5.96 Å². The first-order chi connectivity index (χ1) is 15.6. The highest BCUT2D eigenvalue weighted by atomic mass is 19.1. The van der Waals surface area contributed by atoms with Gasteiger partial charge in [-0.15, -0.1) is 0 Å². The highest BCUT2D eigenvalue weighted by Gasteiger charge is 2.18. The van der Waals surface area contributed by atoms with Crippen LogP contribution in [0.25, 0.3) is 0 Å². The Hall–Kier alpha value is -3.81. The number of piperazine rings is 1. The monoisotopic (exact) mass is 434 g/mol. The van der Waals surface area contributed by atoms with E-state index in [0.29, 0.717) is 12.5 Å². The zero-order valence-corrected chi connectivity index (χ0v) is 18.0. The summed E-state index contributed by atoms with van der Waals surface area (Å²) in [6.07, 6.45) is 1.81. The van der Waals surface area contributed by atoms with Crippen LogP contribution in [0.5, 0.6) is 5.75 Å². The number of nitrogens with two attached hydrogens (primary N) is 1. The molecule has 0 spiro atoms. The Morgan fingerprint density at radius 1 is 1.03 bits per heavy atom. The van der Waals surface area contributed by atoms with Crippen molar-refractivity contribution >= 4 is 23.2 Å². The van der Waals surface area contributed by atoms with Gasteiger partial charge < -0.3 is 25.6 Å². The van der Waals surface area contributed by atoms with E-state index in [4.69, 9.17) is 10.5 Å². The molecule has 1 aromatic heterocycles. The van der Waals surface area contributed by atoms with E-state index in [9.17, 15) is 4.39 Å². The lowest BCUT2D eigenvalue weighted by atomic mass is 10.2. The number of guanidine groups is 1. The Balaban J connectivity index is 1.33. The lowest BCUT2D eigenvalue weighted by Crippen LogP contribution is -2.46. The number of methoxy groups -OCH3 is 1. The van der Waals surface area contributed by atoms with Crippen LogP contribution >= 0.6 is 0 Å². The molecule has 1 aliphatic rings. The number of pyridine rings is 1. The Kier molecular flexibility index (Phi) is 6.69. The number of nitrogens with zero attached hydrogens (tertiary/aromatic N) is 4. The lowest BCUT2D eigenvalue weighted by molar-refractivity contribution is 0.415. The second kappa shape index (κ2) is 10.00. The molecule has 2 aromatic carbocycles. The Bertz CT molecular complexity index is 1050. The van der Waals surface area contributed by atoms with Crippen molar-refractivity contribution in [1.82, 2.24) is 4.98 Å². The molecule has 0 unspecified atom stereocenters. The van der Waals surface area contributed by atoms with Crippen molar-refractivity contribution in [2.75, 3.05) is 48.4 Å². The SMILES string of the molecule is COc1ccc(NC(N)=NCc2ccnc(N3CCN(c4ccc(F)cc4)CC3)c2)cc1. The van der Waals surface area contributed by atoms with Crippen molar-refractivity contribution in [3.05, 3.63) is 78.2 Å². The first-order valence-corrected chi connectivity index (χ1v) is 10.5. The van der Waals surface area contributed by atoms with E-state index in [2.05, 4.69) is 31.2 Å². The number of aromatic nitrogens is 1. The van der Waals surface area contributed by atoms with Gasteiger partial charge in [-0.05, 0) is 66.2 Å². The lowest BCUT2D eigenvalue weighted by Gasteiger charge is -2.36. The van der Waals surface area contributed by atoms with Gasteiger partial charge in [0.1, 0.15) is 17.4 Å². The minimum Gasteiger partial charge on any atom is -0.497 e. The van der Waals surface area contributed by atoms with Crippen molar-refractivity contribution in [2.45, 2.75) is 6.54 Å². The maximum Gasteiger partial charge on any atom is 0.193 e. The van der Waals surface area contributed by atoms with Crippen LogP contribution in [0.1, 0.15) is 5.56 Å². The summed E-state index contributed by atoms with van der Waals surface area (Å²) in [6, 6.07) is 18.2. The van der Waals surface area contributed by atoms with Gasteiger partial charge in [0.2, 0.25) is 0 Å². The van der Waals surface area contributed by atoms with Gasteiger partial charge in [-0.3, -0.25) is 0 Å². The zero-order chi connectivity index (χ0) is 22.3. The predicted octanol–water partition coefficient (Wildman–Crippen LogP) is 3.48. The highest BCUT2D eigenvalue weighted by Crippen LogP contribution is 2.20. The van der Waals surface area contributed by atoms with Gasteiger partial charge in [-0.2, -0.15) is 0 Å². The third-order valence-electron chi connectivity index (χ3n) is 5.40. The predicted molar refractivity (Wildman–Crippen MR) is 127 cm³/mol. The number of hydrogen-bond donors (Lipinski definition) is 2. The van der Waals surface area contributed by atoms with Crippen LogP contribution in [0.2, 0.25) is 0 Å². The number of hydrogen-bond acceptors (Lipinski definition) is 5. The molecule has 0 atom stereocenters. The number of halogens is 1. The molecule has 0 saturated carbocycles. The maximum atomic E-state index is 13.2. The normalized spacial score (nSPS) is 14.4. The van der Waals surface area contributed by atoms with E-state index >= 15 is 0 Å². The number of rotatable bonds is 6. The summed E-state index contributed by atoms with van der Waals surface area (Å²) in [7, 11) is 1.63. The molecular formula is C24H27FN6O. The van der Waals surface area contributed by atoms with Gasteiger partial charge in [0.25, 0.3) is 0 Å². The molecule has 2 heterocycles. The molecule has 0 aliphatic carbocycles. The number of ether oxygens (including phenoxy) is 1. The van der Waals surface area contributed by atoms with Crippen molar-refractivity contribution in [1.29, 1.82) is 0 Å². The Morgan fingerprint density at radius 2 is 1.72 bits per heavy atom. The zero-order valence-electron chi connectivity index (χ0n) is 18.0. The molecule has 3 aromatic rings. The van der Waals surface area contributed by atoms with Gasteiger partial charge in [0, 0.05) is 43.8 Å². The second-order valence-corrected chi connectivity index (χ2v) is 7.53. The minimum absolute atomic E-state index is 0.212. The summed E-state index contributed by atoms with van der Waals surface area (Å²) in [6.45, 7) is 3.86. The quantitative estimate of drug-likeness (QED) is 0.457. The summed E-state index contributed by atoms with van der Waals surface area (Å²) in [5.74, 6) is 1.85. The first kappa shape index (κ1) is 21.4. The molecule has 1 aliphatic heterocycles. The summed E-state index contributed by atoms with van der Waals surface area (Å²) < 4.78 is 18.3. The molecule has 32 heavy (non-hydrogen) atoms. The fraction of sp³-hybridized carbons (Fsp3) is 0.250. The average Bonchev–Trinajstić information content (AvgIpc) is 2.84. The molecule has 3 N–H and O–H groups in total. The molecule has 1 saturated heterocycles. The van der Waals surface area contributed by atoms with Crippen molar-refractivity contribution < 1.29 is 9.13 Å². The molecule has 1 fully saturated rings. The third-order valence-corrected chi connectivity index (χ3v) is 5.40. The van der Waals surface area contributed by atoms with E-state index in [1.54, 1.807) is 13.3 Å². The number of anilines is 3. The van der Waals surface area contributed by atoms with Crippen LogP contribution in [0.4, 0.5) is 21.6 Å². The molecular weight excluding hydrogens is 407 g/mol. The first-order valence-electron chi connectivity index (χ1n) is 10.5. The largest absolute Gasteiger partial charge is 0.497 e. The fourth-order valence-corrected chi connectivity index (χ4v) is 3.62. The standard InChI is InChI=1S/C24H27FN6O/c1-32-22-8-4-20(5-9-22)29-24(26)28-17-18-10-11-27-23(16-18)31-14-12-30(13-15-31)21-6-2-19(25)3-7-21/h2-11,16H,12-15,17H2,1H3,(H3,26,28,29). The van der Waals surface area contributed by atoms with Crippen LogP contribution in [0, 0.1) is 5.82 Å². The molecule has 7 nitrogen and oxygen atoms in total. The van der Waals surface area contributed by atoms with Crippen molar-refractivity contribution in [2.24, 2.45) is 10.7 Å². The van der Waals surface area contributed by atoms with Crippen LogP contribution < -0.4 is 25.6 Å². The number of benzene rings is 2. The second-order valence-electron chi connectivity index (χ2n) is 7.53. The minimum atomic E-state index is -0.212. The smallest absolute Gasteiger partial charge is 0.193 e. The fourth-order valence-electron chi connectivity index (χ4n) is 3.62. The van der Waals surface area contributed by atoms with Crippen LogP contribution in [0.15, 0.2) is 71.9 Å². The van der Waals surface area contributed by atoms with Crippen molar-refractivity contribution in [3.8, 4) is 5.75 Å². The molecule has 0 amide bonds. The van der Waals surface area contributed by atoms with E-state index < -0.39 is 0 Å². The number of nitrogens with one attached hydrogen (secondary N) is 1. The maximum absolute atomic E-state index is 13.2. The van der Waals surface area contributed by atoms with Crippen LogP contribution in [-0.4, -0.2) is 44.2 Å². The van der Waals surface area contributed by atoms with Crippen LogP contribution in [0.3, 0.4) is 0 Å². The molecule has 4 rings (SSSR count). The van der Waals surface area contributed by atoms with Gasteiger partial charge in [0.05, 0.1) is 13.7 Å². The van der Waals surface area contributed by atoms with Crippen molar-refractivity contribution in [3.63, 3.8) is 0 Å². The van der Waals surface area contributed by atoms with E-state index in [-0.39, 0.29) is 5.82 Å². The van der Waals surface area contributed by atoms with E-state index in [1.165, 1.54) is 12.1 Å². The Morgan fingerprint density at radius 3 is 2.41 bits per heavy atom. The average molecular weight is 435 g/mol. The molecule has 8 heteroatoms. The highest BCUT2D eigenvalue weighted by molar-refractivity contribution is 5.92. The topological polar surface area (TPSA) is 79.0 Å². The third kappa shape index (κ3) is 5.46. The van der Waals surface area contributed by atoms with Gasteiger partial charge in [-0.25, -0.2) is 14.4 Å². The Labute approximate surface area is 187 Å². The summed E-state index contributed by atoms with van der Waals surface area (Å²) in [5.41, 5.74) is 8.97. The summed E-state index contributed by atoms with van der Waals surface area (Å²) >= 11 is 0. The number of aliphatic imine (C=N–C) groups is 1. The summed E-state index contributed by atoms with van der Waals surface area (Å²) in [4.78, 5) is 13.5. The van der Waals surface area contributed by atoms with Crippen LogP contribution in [-0.2, 0) is 6.54 Å². The van der Waals surface area contributed by atoms with Gasteiger partial charge >= 0.3 is 0 Å².